The van der Waals surface area contributed by atoms with Crippen molar-refractivity contribution < 1.29 is 75.8 Å². The summed E-state index contributed by atoms with van der Waals surface area (Å²) >= 11 is 0. The van der Waals surface area contributed by atoms with E-state index in [1.54, 1.807) is 0 Å². The first-order valence-electron chi connectivity index (χ1n) is 45.2. The number of hydrogen-bond acceptors (Lipinski definition) is 14. The second-order valence-corrected chi connectivity index (χ2v) is 33.3. The molecule has 0 radical (unpaired) electrons. The maximum absolute atomic E-state index is 13.0. The second-order valence-electron chi connectivity index (χ2n) is 30.4. The van der Waals surface area contributed by atoms with Gasteiger partial charge in [-0.1, -0.05) is 387 Å². The van der Waals surface area contributed by atoms with Crippen LogP contribution in [0.25, 0.3) is 0 Å². The summed E-state index contributed by atoms with van der Waals surface area (Å²) in [6, 6.07) is 0. The minimum Gasteiger partial charge on any atom is -0.463 e. The van der Waals surface area contributed by atoms with Crippen LogP contribution in [0.1, 0.15) is 406 Å². The predicted octanol–water partition coefficient (Wildman–Crippen LogP) is 27.4. The van der Waals surface area contributed by atoms with Crippen molar-refractivity contribution in [2.24, 2.45) is 0 Å². The van der Waals surface area contributed by atoms with E-state index in [0.29, 0.717) is 19.3 Å². The molecule has 0 aromatic rings. The highest BCUT2D eigenvalue weighted by Gasteiger charge is 2.29. The summed E-state index contributed by atoms with van der Waals surface area (Å²) in [5.74, 6) is -1.55. The van der Waals surface area contributed by atoms with Crippen LogP contribution >= 0.6 is 15.6 Å². The monoisotopic (exact) mass is 1600 g/mol. The standard InChI is InChI=1S/C93H166O16P2/c1-4-7-10-13-16-19-22-24-26-28-30-32-34-36-38-40-41-42-43-44-45-47-49-50-52-54-56-58-60-62-65-67-70-73-76-79-91(96)103-82-88(94)83-105-110(99,100)106-84-89(95)85-107-111(101,102)108-87-90(109-93(98)81-78-75-72-69-64-21-18-15-12-9-6-3)86-104-92(97)80-77-74-71-68-66-63-61-59-57-55-53-51-48-46-39-37-35-33-31-29-27-25-23-20-17-14-11-8-5-2/h7,10,16-17,19-20,24-27,30-33,36-39,88-90,94-95H,4-6,8-9,11-15,18,21-23,28-29,34-35,40-87H2,1-3H3,(H,99,100)(H,101,102)/b10-7-,19-16-,20-17-,26-24-,27-25-,32-30-,33-31-,38-36-,39-37-. The summed E-state index contributed by atoms with van der Waals surface area (Å²) in [4.78, 5) is 58.7. The van der Waals surface area contributed by atoms with Crippen LogP contribution in [0.15, 0.2) is 109 Å². The second kappa shape index (κ2) is 85.6. The van der Waals surface area contributed by atoms with E-state index in [-0.39, 0.29) is 19.3 Å². The van der Waals surface area contributed by atoms with Crippen LogP contribution in [0.4, 0.5) is 0 Å². The fourth-order valence-electron chi connectivity index (χ4n) is 12.6. The largest absolute Gasteiger partial charge is 0.472 e. The molecule has 0 aromatic carbocycles. The molecule has 0 spiro atoms. The SMILES string of the molecule is CC/C=C\C/C=C\C/C=C\C/C=C\C/C=C\CCCCCCCCCCCCCCCCCCCCCC(=O)OCC(O)COP(=O)(O)OCC(O)COP(=O)(O)OCC(COC(=O)CCCCCCCCCCCCCCC/C=C\C/C=C\C/C=C\C/C=C\CCCCC)OC(=O)CCCCCCCCCCCCC. The van der Waals surface area contributed by atoms with Crippen molar-refractivity contribution in [1.29, 1.82) is 0 Å². The molecule has 0 saturated carbocycles. The Morgan fingerprint density at radius 2 is 0.477 bits per heavy atom. The maximum Gasteiger partial charge on any atom is 0.472 e. The van der Waals surface area contributed by atoms with Crippen LogP contribution in [0.2, 0.25) is 0 Å². The Morgan fingerprint density at radius 1 is 0.261 bits per heavy atom. The number of rotatable bonds is 86. The number of phosphoric ester groups is 2. The number of esters is 3. The van der Waals surface area contributed by atoms with Crippen molar-refractivity contribution in [1.82, 2.24) is 0 Å². The molecule has 18 heteroatoms. The highest BCUT2D eigenvalue weighted by molar-refractivity contribution is 7.47. The first-order valence-corrected chi connectivity index (χ1v) is 48.2. The summed E-state index contributed by atoms with van der Waals surface area (Å²) < 4.78 is 61.3. The highest BCUT2D eigenvalue weighted by Crippen LogP contribution is 2.45. The number of hydrogen-bond donors (Lipinski definition) is 4. The molecule has 0 aliphatic heterocycles. The van der Waals surface area contributed by atoms with Gasteiger partial charge in [0.15, 0.2) is 6.10 Å². The lowest BCUT2D eigenvalue weighted by Crippen LogP contribution is -2.30. The Morgan fingerprint density at radius 3 is 0.775 bits per heavy atom. The van der Waals surface area contributed by atoms with Crippen molar-refractivity contribution in [2.75, 3.05) is 39.6 Å². The fourth-order valence-corrected chi connectivity index (χ4v) is 14.2. The number of aliphatic hydroxyl groups excluding tert-OH is 2. The lowest BCUT2D eigenvalue weighted by atomic mass is 10.0. The summed E-state index contributed by atoms with van der Waals surface area (Å²) in [6.45, 7) is 2.59. The molecular formula is C93H166O16P2. The summed E-state index contributed by atoms with van der Waals surface area (Å²) in [7, 11) is -9.78. The minimum atomic E-state index is -4.93. The van der Waals surface area contributed by atoms with Gasteiger partial charge in [0.1, 0.15) is 25.4 Å². The Labute approximate surface area is 679 Å². The van der Waals surface area contributed by atoms with Gasteiger partial charge < -0.3 is 34.2 Å². The molecule has 0 aromatic heterocycles. The Kier molecular flexibility index (Phi) is 82.7. The number of aliphatic hydroxyl groups is 2. The maximum atomic E-state index is 13.0. The van der Waals surface area contributed by atoms with Gasteiger partial charge >= 0.3 is 33.6 Å². The number of carbonyl (C=O) groups excluding carboxylic acids is 3. The molecule has 16 nitrogen and oxygen atoms in total. The third kappa shape index (κ3) is 86.9. The van der Waals surface area contributed by atoms with E-state index in [4.69, 9.17) is 32.3 Å². The molecule has 0 rings (SSSR count). The van der Waals surface area contributed by atoms with Gasteiger partial charge in [0.2, 0.25) is 0 Å². The summed E-state index contributed by atoms with van der Waals surface area (Å²) in [5.41, 5.74) is 0. The normalized spacial score (nSPS) is 14.3. The van der Waals surface area contributed by atoms with Gasteiger partial charge in [0, 0.05) is 19.3 Å². The van der Waals surface area contributed by atoms with E-state index in [1.165, 1.54) is 225 Å². The molecule has 0 aliphatic rings. The smallest absolute Gasteiger partial charge is 0.463 e. The van der Waals surface area contributed by atoms with Gasteiger partial charge in [-0.2, -0.15) is 0 Å². The lowest BCUT2D eigenvalue weighted by molar-refractivity contribution is -0.161. The van der Waals surface area contributed by atoms with Crippen LogP contribution < -0.4 is 0 Å². The van der Waals surface area contributed by atoms with Gasteiger partial charge in [0.05, 0.1) is 26.4 Å². The Balaban J connectivity index is 4.31. The summed E-state index contributed by atoms with van der Waals surface area (Å²) in [5, 5.41) is 20.7. The van der Waals surface area contributed by atoms with E-state index in [2.05, 4.69) is 130 Å². The third-order valence-electron chi connectivity index (χ3n) is 19.5. The number of carbonyl (C=O) groups is 3. The van der Waals surface area contributed by atoms with E-state index in [9.17, 15) is 43.5 Å². The van der Waals surface area contributed by atoms with Gasteiger partial charge in [-0.3, -0.25) is 32.5 Å². The summed E-state index contributed by atoms with van der Waals surface area (Å²) in [6.07, 6.45) is 103. The quantitative estimate of drug-likeness (QED) is 0.0146. The van der Waals surface area contributed by atoms with Crippen LogP contribution in [-0.2, 0) is 55.8 Å². The minimum absolute atomic E-state index is 0.109. The first-order chi connectivity index (χ1) is 54.2. The molecule has 5 unspecified atom stereocenters. The molecule has 4 N–H and O–H groups in total. The van der Waals surface area contributed by atoms with Crippen LogP contribution in [0.5, 0.6) is 0 Å². The van der Waals surface area contributed by atoms with Gasteiger partial charge in [-0.15, -0.1) is 0 Å². The van der Waals surface area contributed by atoms with E-state index in [1.807, 2.05) is 0 Å². The zero-order valence-electron chi connectivity index (χ0n) is 70.9. The number of phosphoric acid groups is 2. The zero-order chi connectivity index (χ0) is 80.8. The van der Waals surface area contributed by atoms with E-state index < -0.39 is 91.5 Å². The molecule has 644 valence electrons. The molecular weight excluding hydrogens is 1430 g/mol. The fraction of sp³-hybridized carbons (Fsp3) is 0.774. The third-order valence-corrected chi connectivity index (χ3v) is 21.4. The molecule has 5 atom stereocenters. The van der Waals surface area contributed by atoms with Crippen LogP contribution in [-0.4, -0.2) is 95.9 Å². The van der Waals surface area contributed by atoms with Crippen molar-refractivity contribution >= 4 is 33.6 Å². The van der Waals surface area contributed by atoms with Gasteiger partial charge in [-0.05, 0) is 109 Å². The molecule has 0 saturated heterocycles. The van der Waals surface area contributed by atoms with Crippen molar-refractivity contribution in [3.05, 3.63) is 109 Å². The van der Waals surface area contributed by atoms with Crippen molar-refractivity contribution in [2.45, 2.75) is 424 Å². The molecule has 0 fully saturated rings. The predicted molar refractivity (Wildman–Crippen MR) is 464 cm³/mol. The number of ether oxygens (including phenoxy) is 3. The highest BCUT2D eigenvalue weighted by atomic mass is 31.2. The van der Waals surface area contributed by atoms with Crippen LogP contribution in [0.3, 0.4) is 0 Å². The average Bonchev–Trinajstić information content (AvgIpc) is 0.898. The van der Waals surface area contributed by atoms with Crippen LogP contribution in [0, 0.1) is 0 Å². The van der Waals surface area contributed by atoms with E-state index >= 15 is 0 Å². The molecule has 111 heavy (non-hydrogen) atoms. The Hall–Kier alpha value is -3.79. The topological polar surface area (TPSA) is 231 Å². The zero-order valence-corrected chi connectivity index (χ0v) is 72.7. The van der Waals surface area contributed by atoms with E-state index in [0.717, 1.165) is 122 Å². The lowest BCUT2D eigenvalue weighted by Gasteiger charge is -2.21. The van der Waals surface area contributed by atoms with Crippen molar-refractivity contribution in [3.8, 4) is 0 Å². The molecule has 0 heterocycles. The van der Waals surface area contributed by atoms with Crippen molar-refractivity contribution in [3.63, 3.8) is 0 Å². The van der Waals surface area contributed by atoms with Gasteiger partial charge in [0.25, 0.3) is 0 Å². The number of unbranched alkanes of at least 4 members (excludes halogenated alkanes) is 45. The van der Waals surface area contributed by atoms with Gasteiger partial charge in [-0.25, -0.2) is 9.13 Å². The molecule has 0 bridgehead atoms. The average molecular weight is 1600 g/mol. The molecule has 0 aliphatic carbocycles. The number of allylic oxidation sites excluding steroid dienone is 18. The molecule has 0 amide bonds. The first kappa shape index (κ1) is 107. The Bertz CT molecular complexity index is 2450.